The molecule has 1 rings (SSSR count). The van der Waals surface area contributed by atoms with Crippen LogP contribution in [-0.4, -0.2) is 24.6 Å². The highest BCUT2D eigenvalue weighted by atomic mass is 32.2. The Hall–Kier alpha value is -1.43. The first-order valence-corrected chi connectivity index (χ1v) is 6.72. The number of unbranched alkanes of at least 4 members (excludes halogenated alkanes) is 1. The second-order valence-electron chi connectivity index (χ2n) is 3.80. The molecule has 6 heteroatoms. The number of thioether (sulfide) groups is 1. The van der Waals surface area contributed by atoms with E-state index in [4.69, 9.17) is 0 Å². The van der Waals surface area contributed by atoms with Crippen molar-refractivity contribution in [1.29, 1.82) is 0 Å². The van der Waals surface area contributed by atoms with Gasteiger partial charge in [0.15, 0.2) is 11.6 Å². The van der Waals surface area contributed by atoms with Crippen LogP contribution in [0.15, 0.2) is 23.1 Å². The van der Waals surface area contributed by atoms with Crippen LogP contribution in [0, 0.1) is 11.6 Å². The molecular weight excluding hydrogens is 274 g/mol. The zero-order chi connectivity index (χ0) is 14.3. The van der Waals surface area contributed by atoms with E-state index in [0.717, 1.165) is 12.1 Å². The molecule has 0 N–H and O–H groups in total. The first-order valence-electron chi connectivity index (χ1n) is 5.73. The summed E-state index contributed by atoms with van der Waals surface area (Å²) < 4.78 is 29.9. The van der Waals surface area contributed by atoms with E-state index in [-0.39, 0.29) is 6.42 Å². The van der Waals surface area contributed by atoms with Crippen LogP contribution in [0.1, 0.15) is 19.3 Å². The van der Waals surface area contributed by atoms with Gasteiger partial charge in [-0.15, -0.1) is 11.8 Å². The van der Waals surface area contributed by atoms with E-state index in [1.807, 2.05) is 0 Å². The first kappa shape index (κ1) is 15.6. The lowest BCUT2D eigenvalue weighted by Gasteiger charge is -2.02. The number of Topliss-reactive ketones (excluding diaryl/α,β-unsaturated/α-hetero) is 1. The van der Waals surface area contributed by atoms with Gasteiger partial charge < -0.3 is 4.74 Å². The van der Waals surface area contributed by atoms with Crippen molar-refractivity contribution < 1.29 is 23.1 Å². The quantitative estimate of drug-likeness (QED) is 0.335. The molecule has 0 amide bonds. The average molecular weight is 288 g/mol. The lowest BCUT2D eigenvalue weighted by molar-refractivity contribution is -0.151. The second-order valence-corrected chi connectivity index (χ2v) is 4.96. The van der Waals surface area contributed by atoms with Crippen LogP contribution in [0.3, 0.4) is 0 Å². The monoisotopic (exact) mass is 288 g/mol. The van der Waals surface area contributed by atoms with Crippen LogP contribution in [0.5, 0.6) is 0 Å². The molecule has 0 radical (unpaired) electrons. The highest BCUT2D eigenvalue weighted by Gasteiger charge is 2.12. The predicted octanol–water partition coefficient (Wildman–Crippen LogP) is 2.97. The Morgan fingerprint density at radius 3 is 2.58 bits per heavy atom. The van der Waals surface area contributed by atoms with Crippen molar-refractivity contribution in [1.82, 2.24) is 0 Å². The molecule has 19 heavy (non-hydrogen) atoms. The van der Waals surface area contributed by atoms with Crippen molar-refractivity contribution >= 4 is 23.5 Å². The summed E-state index contributed by atoms with van der Waals surface area (Å²) in [5, 5.41) is 0. The number of benzene rings is 1. The third kappa shape index (κ3) is 5.38. The lowest BCUT2D eigenvalue weighted by Crippen LogP contribution is -2.14. The molecule has 0 aromatic heterocycles. The third-order valence-corrected chi connectivity index (χ3v) is 3.45. The second kappa shape index (κ2) is 7.89. The molecule has 104 valence electrons. The van der Waals surface area contributed by atoms with E-state index < -0.39 is 23.4 Å². The predicted molar refractivity (Wildman–Crippen MR) is 68.0 cm³/mol. The van der Waals surface area contributed by atoms with Crippen molar-refractivity contribution in [2.45, 2.75) is 24.2 Å². The number of carbonyl (C=O) groups excluding carboxylic acids is 2. The van der Waals surface area contributed by atoms with Gasteiger partial charge >= 0.3 is 5.97 Å². The molecule has 1 aromatic rings. The van der Waals surface area contributed by atoms with Crippen molar-refractivity contribution in [2.75, 3.05) is 12.9 Å². The van der Waals surface area contributed by atoms with E-state index in [1.165, 1.54) is 24.9 Å². The number of esters is 1. The Balaban J connectivity index is 2.22. The third-order valence-electron chi connectivity index (χ3n) is 2.37. The van der Waals surface area contributed by atoms with Gasteiger partial charge in [-0.3, -0.25) is 4.79 Å². The molecule has 0 bridgehead atoms. The molecular formula is C13H14F2O3S. The van der Waals surface area contributed by atoms with Gasteiger partial charge in [-0.2, -0.15) is 0 Å². The number of hydrogen-bond donors (Lipinski definition) is 0. The van der Waals surface area contributed by atoms with Crippen molar-refractivity contribution in [2.24, 2.45) is 0 Å². The Bertz CT molecular complexity index is 463. The number of hydrogen-bond acceptors (Lipinski definition) is 4. The minimum absolute atomic E-state index is 0.144. The summed E-state index contributed by atoms with van der Waals surface area (Å²) >= 11 is 1.37. The molecule has 0 spiro atoms. The Kier molecular flexibility index (Phi) is 6.49. The molecule has 0 aliphatic carbocycles. The molecule has 0 heterocycles. The lowest BCUT2D eigenvalue weighted by atomic mass is 10.2. The number of methoxy groups -OCH3 is 1. The van der Waals surface area contributed by atoms with Crippen LogP contribution in [0.25, 0.3) is 0 Å². The van der Waals surface area contributed by atoms with E-state index in [0.29, 0.717) is 23.5 Å². The molecule has 0 unspecified atom stereocenters. The standard InChI is InChI=1S/C13H14F2O3S/c1-18-13(17)12(16)4-2-3-7-19-9-5-6-10(14)11(15)8-9/h5-6,8H,2-4,7H2,1H3. The normalized spacial score (nSPS) is 10.3. The number of rotatable bonds is 7. The summed E-state index contributed by atoms with van der Waals surface area (Å²) in [7, 11) is 1.17. The van der Waals surface area contributed by atoms with Gasteiger partial charge in [-0.25, -0.2) is 13.6 Å². The Labute approximate surface area is 114 Å². The van der Waals surface area contributed by atoms with Crippen LogP contribution in [0.2, 0.25) is 0 Å². The van der Waals surface area contributed by atoms with Crippen molar-refractivity contribution in [3.63, 3.8) is 0 Å². The van der Waals surface area contributed by atoms with E-state index in [1.54, 1.807) is 0 Å². The number of halogens is 2. The Morgan fingerprint density at radius 2 is 1.95 bits per heavy atom. The van der Waals surface area contributed by atoms with Gasteiger partial charge in [0, 0.05) is 11.3 Å². The summed E-state index contributed by atoms with van der Waals surface area (Å²) in [5.41, 5.74) is 0. The number of carbonyl (C=O) groups is 2. The summed E-state index contributed by atoms with van der Waals surface area (Å²) in [5.74, 6) is -2.44. The average Bonchev–Trinajstić information content (AvgIpc) is 2.41. The summed E-state index contributed by atoms with van der Waals surface area (Å²) in [6, 6.07) is 3.72. The van der Waals surface area contributed by atoms with E-state index in [9.17, 15) is 18.4 Å². The SMILES string of the molecule is COC(=O)C(=O)CCCCSc1ccc(F)c(F)c1. The highest BCUT2D eigenvalue weighted by molar-refractivity contribution is 7.99. The fourth-order valence-electron chi connectivity index (χ4n) is 1.36. The molecule has 0 saturated heterocycles. The minimum atomic E-state index is -0.870. The van der Waals surface area contributed by atoms with Crippen LogP contribution in [-0.2, 0) is 14.3 Å². The molecule has 1 aromatic carbocycles. The largest absolute Gasteiger partial charge is 0.463 e. The Morgan fingerprint density at radius 1 is 1.21 bits per heavy atom. The van der Waals surface area contributed by atoms with Gasteiger partial charge in [0.05, 0.1) is 7.11 Å². The van der Waals surface area contributed by atoms with Crippen LogP contribution < -0.4 is 0 Å². The zero-order valence-corrected chi connectivity index (χ0v) is 11.3. The smallest absolute Gasteiger partial charge is 0.374 e. The van der Waals surface area contributed by atoms with E-state index in [2.05, 4.69) is 4.74 Å². The maximum Gasteiger partial charge on any atom is 0.374 e. The zero-order valence-electron chi connectivity index (χ0n) is 10.4. The van der Waals surface area contributed by atoms with Gasteiger partial charge in [0.1, 0.15) is 0 Å². The summed E-state index contributed by atoms with van der Waals surface area (Å²) in [6.45, 7) is 0. The van der Waals surface area contributed by atoms with E-state index >= 15 is 0 Å². The molecule has 0 fully saturated rings. The fraction of sp³-hybridized carbons (Fsp3) is 0.385. The minimum Gasteiger partial charge on any atom is -0.463 e. The maximum atomic E-state index is 12.9. The van der Waals surface area contributed by atoms with Crippen molar-refractivity contribution in [3.05, 3.63) is 29.8 Å². The van der Waals surface area contributed by atoms with Gasteiger partial charge in [0.25, 0.3) is 0 Å². The first-order chi connectivity index (χ1) is 9.04. The fourth-order valence-corrected chi connectivity index (χ4v) is 2.30. The van der Waals surface area contributed by atoms with Crippen LogP contribution >= 0.6 is 11.8 Å². The van der Waals surface area contributed by atoms with Gasteiger partial charge in [-0.05, 0) is 36.8 Å². The molecule has 0 aliphatic heterocycles. The summed E-state index contributed by atoms with van der Waals surface area (Å²) in [4.78, 5) is 22.6. The summed E-state index contributed by atoms with van der Waals surface area (Å²) in [6.07, 6.45) is 1.40. The maximum absolute atomic E-state index is 12.9. The number of ether oxygens (including phenoxy) is 1. The van der Waals surface area contributed by atoms with Gasteiger partial charge in [0.2, 0.25) is 5.78 Å². The number of ketones is 1. The van der Waals surface area contributed by atoms with Crippen molar-refractivity contribution in [3.8, 4) is 0 Å². The molecule has 3 nitrogen and oxygen atoms in total. The molecule has 0 atom stereocenters. The topological polar surface area (TPSA) is 43.4 Å². The molecule has 0 aliphatic rings. The van der Waals surface area contributed by atoms with Crippen LogP contribution in [0.4, 0.5) is 8.78 Å². The molecule has 0 saturated carbocycles. The highest BCUT2D eigenvalue weighted by Crippen LogP contribution is 2.21. The van der Waals surface area contributed by atoms with Gasteiger partial charge in [-0.1, -0.05) is 0 Å².